The highest BCUT2D eigenvalue weighted by atomic mass is 16.7. The first kappa shape index (κ1) is 16.0. The fraction of sp³-hybridized carbons (Fsp3) is 0.421. The molecule has 0 spiro atoms. The Labute approximate surface area is 145 Å². The third-order valence-electron chi connectivity index (χ3n) is 4.83. The van der Waals surface area contributed by atoms with Gasteiger partial charge in [0.1, 0.15) is 5.76 Å². The summed E-state index contributed by atoms with van der Waals surface area (Å²) in [5.74, 6) is 1.88. The van der Waals surface area contributed by atoms with Gasteiger partial charge in [0.05, 0.1) is 6.10 Å². The Morgan fingerprint density at radius 3 is 2.84 bits per heavy atom. The number of anilines is 1. The number of carbonyl (C=O) groups is 1. The fourth-order valence-electron chi connectivity index (χ4n) is 3.66. The zero-order valence-corrected chi connectivity index (χ0v) is 14.5. The molecule has 0 saturated carbocycles. The van der Waals surface area contributed by atoms with Crippen molar-refractivity contribution in [1.82, 2.24) is 0 Å². The van der Waals surface area contributed by atoms with E-state index in [1.54, 1.807) is 18.2 Å². The third-order valence-corrected chi connectivity index (χ3v) is 4.83. The highest BCUT2D eigenvalue weighted by Gasteiger charge is 2.37. The van der Waals surface area contributed by atoms with E-state index in [9.17, 15) is 9.90 Å². The van der Waals surface area contributed by atoms with Crippen molar-refractivity contribution < 1.29 is 23.8 Å². The van der Waals surface area contributed by atoms with Crippen LogP contribution in [-0.2, 0) is 6.42 Å². The molecule has 2 heterocycles. The highest BCUT2D eigenvalue weighted by Crippen LogP contribution is 2.44. The zero-order chi connectivity index (χ0) is 17.8. The van der Waals surface area contributed by atoms with Gasteiger partial charge in [0.15, 0.2) is 17.3 Å². The minimum absolute atomic E-state index is 0.0538. The topological polar surface area (TPSA) is 80.9 Å². The van der Waals surface area contributed by atoms with Gasteiger partial charge >= 0.3 is 0 Å². The quantitative estimate of drug-likeness (QED) is 0.871. The average molecular weight is 343 g/mol. The maximum atomic E-state index is 12.7. The number of hydrogen-bond acceptors (Lipinski definition) is 5. The maximum Gasteiger partial charge on any atom is 0.291 e. The molecule has 1 atom stereocenters. The highest BCUT2D eigenvalue weighted by molar-refractivity contribution is 6.03. The van der Waals surface area contributed by atoms with Crippen molar-refractivity contribution in [1.29, 1.82) is 0 Å². The van der Waals surface area contributed by atoms with Crippen LogP contribution in [0, 0.1) is 12.3 Å². The number of furan rings is 1. The van der Waals surface area contributed by atoms with Crippen LogP contribution in [0.4, 0.5) is 5.69 Å². The number of fused-ring (bicyclic) bond motifs is 2. The van der Waals surface area contributed by atoms with E-state index in [0.717, 1.165) is 5.56 Å². The lowest BCUT2D eigenvalue weighted by Gasteiger charge is -2.31. The van der Waals surface area contributed by atoms with Crippen molar-refractivity contribution in [2.24, 2.45) is 5.41 Å². The molecule has 1 aromatic heterocycles. The predicted octanol–water partition coefficient (Wildman–Crippen LogP) is 3.57. The van der Waals surface area contributed by atoms with E-state index in [1.165, 1.54) is 0 Å². The summed E-state index contributed by atoms with van der Waals surface area (Å²) < 4.78 is 16.4. The number of nitrogens with one attached hydrogen (secondary N) is 1. The molecule has 6 nitrogen and oxygen atoms in total. The molecule has 1 aliphatic heterocycles. The number of carbonyl (C=O) groups excluding carboxylic acids is 1. The Morgan fingerprint density at radius 1 is 1.28 bits per heavy atom. The second-order valence-electron chi connectivity index (χ2n) is 7.48. The summed E-state index contributed by atoms with van der Waals surface area (Å²) in [7, 11) is 0. The van der Waals surface area contributed by atoms with Crippen LogP contribution in [0.15, 0.2) is 22.6 Å². The van der Waals surface area contributed by atoms with Gasteiger partial charge < -0.3 is 24.3 Å². The van der Waals surface area contributed by atoms with Crippen molar-refractivity contribution in [3.05, 3.63) is 40.8 Å². The molecule has 4 rings (SSSR count). The molecule has 1 amide bonds. The number of aliphatic hydroxyl groups excluding tert-OH is 1. The van der Waals surface area contributed by atoms with Gasteiger partial charge in [0.2, 0.25) is 6.79 Å². The van der Waals surface area contributed by atoms with Crippen molar-refractivity contribution in [2.75, 3.05) is 12.1 Å². The van der Waals surface area contributed by atoms with Gasteiger partial charge in [0.25, 0.3) is 5.91 Å². The number of rotatable bonds is 2. The summed E-state index contributed by atoms with van der Waals surface area (Å²) in [5.41, 5.74) is 2.01. The van der Waals surface area contributed by atoms with Crippen LogP contribution in [0.25, 0.3) is 0 Å². The molecule has 0 fully saturated rings. The molecule has 0 unspecified atom stereocenters. The van der Waals surface area contributed by atoms with Gasteiger partial charge in [-0.15, -0.1) is 0 Å². The molecule has 0 bridgehead atoms. The molecule has 2 aliphatic rings. The van der Waals surface area contributed by atoms with E-state index >= 15 is 0 Å². The van der Waals surface area contributed by atoms with Crippen LogP contribution in [0.2, 0.25) is 0 Å². The summed E-state index contributed by atoms with van der Waals surface area (Å²) in [4.78, 5) is 12.7. The Morgan fingerprint density at radius 2 is 2.04 bits per heavy atom. The SMILES string of the molecule is Cc1c(C(=O)Nc2ccc3c(c2)OCO3)oc2c1[C@@H](O)CC(C)(C)C2. The van der Waals surface area contributed by atoms with Crippen LogP contribution >= 0.6 is 0 Å². The molecule has 6 heteroatoms. The Bertz CT molecular complexity index is 852. The molecule has 1 aromatic carbocycles. The summed E-state index contributed by atoms with van der Waals surface area (Å²) in [6.07, 6.45) is 0.760. The van der Waals surface area contributed by atoms with E-state index < -0.39 is 6.10 Å². The second kappa shape index (κ2) is 5.52. The number of ether oxygens (including phenoxy) is 2. The van der Waals surface area contributed by atoms with Crippen LogP contribution < -0.4 is 14.8 Å². The lowest BCUT2D eigenvalue weighted by atomic mass is 9.75. The van der Waals surface area contributed by atoms with E-state index in [-0.39, 0.29) is 23.9 Å². The number of hydrogen-bond donors (Lipinski definition) is 2. The van der Waals surface area contributed by atoms with Gasteiger partial charge in [0, 0.05) is 29.3 Å². The average Bonchev–Trinajstić information content (AvgIpc) is 3.10. The summed E-state index contributed by atoms with van der Waals surface area (Å²) in [6.45, 7) is 6.18. The van der Waals surface area contributed by atoms with Crippen molar-refractivity contribution >= 4 is 11.6 Å². The van der Waals surface area contributed by atoms with E-state index in [4.69, 9.17) is 13.9 Å². The Hall–Kier alpha value is -2.47. The molecular weight excluding hydrogens is 322 g/mol. The van der Waals surface area contributed by atoms with E-state index in [0.29, 0.717) is 41.4 Å². The lowest BCUT2D eigenvalue weighted by molar-refractivity contribution is 0.0910. The number of amides is 1. The number of aliphatic hydroxyl groups is 1. The molecule has 0 radical (unpaired) electrons. The molecule has 1 aliphatic carbocycles. The molecule has 25 heavy (non-hydrogen) atoms. The minimum atomic E-state index is -0.602. The maximum absolute atomic E-state index is 12.7. The first-order valence-corrected chi connectivity index (χ1v) is 8.35. The van der Waals surface area contributed by atoms with Gasteiger partial charge in [-0.1, -0.05) is 13.8 Å². The normalized spacial score (nSPS) is 20.2. The van der Waals surface area contributed by atoms with Crippen molar-refractivity contribution in [3.8, 4) is 11.5 Å². The number of benzene rings is 1. The van der Waals surface area contributed by atoms with Crippen molar-refractivity contribution in [3.63, 3.8) is 0 Å². The summed E-state index contributed by atoms with van der Waals surface area (Å²) >= 11 is 0. The van der Waals surface area contributed by atoms with E-state index in [2.05, 4.69) is 19.2 Å². The largest absolute Gasteiger partial charge is 0.455 e. The van der Waals surface area contributed by atoms with Crippen LogP contribution in [0.3, 0.4) is 0 Å². The van der Waals surface area contributed by atoms with Crippen LogP contribution in [0.1, 0.15) is 53.8 Å². The first-order valence-electron chi connectivity index (χ1n) is 8.35. The first-order chi connectivity index (χ1) is 11.8. The molecule has 132 valence electrons. The molecule has 2 N–H and O–H groups in total. The molecule has 0 saturated heterocycles. The van der Waals surface area contributed by atoms with Crippen LogP contribution in [-0.4, -0.2) is 17.8 Å². The standard InChI is InChI=1S/C19H21NO5/c1-10-16-12(21)7-19(2,3)8-15(16)25-17(10)18(22)20-11-4-5-13-14(6-11)24-9-23-13/h4-6,12,21H,7-9H2,1-3H3,(H,20,22)/t12-/m0/s1. The van der Waals surface area contributed by atoms with Crippen LogP contribution in [0.5, 0.6) is 11.5 Å². The lowest BCUT2D eigenvalue weighted by Crippen LogP contribution is -2.24. The minimum Gasteiger partial charge on any atom is -0.455 e. The van der Waals surface area contributed by atoms with E-state index in [1.807, 2.05) is 6.92 Å². The van der Waals surface area contributed by atoms with Crippen molar-refractivity contribution in [2.45, 2.75) is 39.7 Å². The fourth-order valence-corrected chi connectivity index (χ4v) is 3.66. The zero-order valence-electron chi connectivity index (χ0n) is 14.5. The second-order valence-corrected chi connectivity index (χ2v) is 7.48. The molecule has 2 aromatic rings. The predicted molar refractivity (Wildman–Crippen MR) is 91.0 cm³/mol. The van der Waals surface area contributed by atoms with Gasteiger partial charge in [-0.05, 0) is 30.9 Å². The third kappa shape index (κ3) is 2.76. The summed E-state index contributed by atoms with van der Waals surface area (Å²) in [6, 6.07) is 5.22. The smallest absolute Gasteiger partial charge is 0.291 e. The monoisotopic (exact) mass is 343 g/mol. The van der Waals surface area contributed by atoms with Gasteiger partial charge in [-0.25, -0.2) is 0 Å². The summed E-state index contributed by atoms with van der Waals surface area (Å²) in [5, 5.41) is 13.3. The Balaban J connectivity index is 1.61. The van der Waals surface area contributed by atoms with Gasteiger partial charge in [-0.2, -0.15) is 0 Å². The van der Waals surface area contributed by atoms with Gasteiger partial charge in [-0.3, -0.25) is 4.79 Å². The molecular formula is C19H21NO5. The Kier molecular flexibility index (Phi) is 3.54.